The Labute approximate surface area is 124 Å². The summed E-state index contributed by atoms with van der Waals surface area (Å²) in [6.45, 7) is 3.90. The Morgan fingerprint density at radius 1 is 1.24 bits per heavy atom. The Morgan fingerprint density at radius 3 is 2.62 bits per heavy atom. The summed E-state index contributed by atoms with van der Waals surface area (Å²) in [6, 6.07) is 10.2. The quantitative estimate of drug-likeness (QED) is 0.680. The molecule has 1 aromatic heterocycles. The summed E-state index contributed by atoms with van der Waals surface area (Å²) in [5, 5.41) is 3.80. The van der Waals surface area contributed by atoms with E-state index in [4.69, 9.17) is 0 Å². The number of hydrogen-bond acceptors (Lipinski definition) is 4. The summed E-state index contributed by atoms with van der Waals surface area (Å²) in [5.41, 5.74) is 2.73. The first-order valence-electron chi connectivity index (χ1n) is 6.58. The summed E-state index contributed by atoms with van der Waals surface area (Å²) in [4.78, 5) is 6.56. The number of rotatable bonds is 5. The van der Waals surface area contributed by atoms with Gasteiger partial charge in [0.05, 0.1) is 11.1 Å². The molecule has 1 heterocycles. The van der Waals surface area contributed by atoms with Crippen molar-refractivity contribution >= 4 is 16.2 Å². The van der Waals surface area contributed by atoms with Gasteiger partial charge in [-0.1, -0.05) is 24.6 Å². The molecule has 0 atom stereocenters. The predicted molar refractivity (Wildman–Crippen MR) is 82.7 cm³/mol. The average Bonchev–Trinajstić information content (AvgIpc) is 2.48. The second-order valence-electron chi connectivity index (χ2n) is 4.60. The van der Waals surface area contributed by atoms with Gasteiger partial charge in [-0.15, -0.1) is 0 Å². The maximum Gasteiger partial charge on any atom is 0.276 e. The fourth-order valence-electron chi connectivity index (χ4n) is 1.71. The third-order valence-corrected chi connectivity index (χ3v) is 4.16. The first kappa shape index (κ1) is 15.2. The van der Waals surface area contributed by atoms with Crippen molar-refractivity contribution in [1.29, 1.82) is 0 Å². The van der Waals surface area contributed by atoms with Crippen LogP contribution in [0.25, 0.3) is 0 Å². The van der Waals surface area contributed by atoms with Gasteiger partial charge >= 0.3 is 0 Å². The highest BCUT2D eigenvalue weighted by atomic mass is 32.2. The average molecular weight is 303 g/mol. The van der Waals surface area contributed by atoms with Crippen LogP contribution in [-0.4, -0.2) is 19.6 Å². The molecule has 0 spiro atoms. The molecule has 0 bridgehead atoms. The number of hydrogen-bond donors (Lipinski definition) is 1. The number of hydrazone groups is 1. The highest BCUT2D eigenvalue weighted by molar-refractivity contribution is 7.89. The van der Waals surface area contributed by atoms with Crippen molar-refractivity contribution in [2.24, 2.45) is 5.10 Å². The lowest BCUT2D eigenvalue weighted by Crippen LogP contribution is -2.18. The van der Waals surface area contributed by atoms with E-state index in [9.17, 15) is 8.42 Å². The van der Waals surface area contributed by atoms with Crippen LogP contribution in [0, 0.1) is 6.92 Å². The van der Waals surface area contributed by atoms with Gasteiger partial charge < -0.3 is 0 Å². The molecule has 0 saturated carbocycles. The summed E-state index contributed by atoms with van der Waals surface area (Å²) >= 11 is 0. The summed E-state index contributed by atoms with van der Waals surface area (Å²) in [5.74, 6) is 0. The van der Waals surface area contributed by atoms with Crippen molar-refractivity contribution in [1.82, 2.24) is 9.82 Å². The molecule has 0 saturated heterocycles. The molecule has 0 aliphatic carbocycles. The van der Waals surface area contributed by atoms with Crippen molar-refractivity contribution in [2.75, 3.05) is 0 Å². The van der Waals surface area contributed by atoms with Crippen LogP contribution in [0.2, 0.25) is 0 Å². The number of sulfonamides is 1. The lowest BCUT2D eigenvalue weighted by atomic mass is 10.2. The van der Waals surface area contributed by atoms with E-state index < -0.39 is 10.0 Å². The fraction of sp³-hybridized carbons (Fsp3) is 0.200. The van der Waals surface area contributed by atoms with Gasteiger partial charge in [0.25, 0.3) is 10.0 Å². The molecule has 0 aliphatic rings. The van der Waals surface area contributed by atoms with E-state index in [-0.39, 0.29) is 4.90 Å². The second-order valence-corrected chi connectivity index (χ2v) is 6.26. The highest BCUT2D eigenvalue weighted by Crippen LogP contribution is 2.09. The molecule has 5 nitrogen and oxygen atoms in total. The zero-order chi connectivity index (χ0) is 15.3. The van der Waals surface area contributed by atoms with Gasteiger partial charge in [-0.05, 0) is 43.2 Å². The van der Waals surface area contributed by atoms with Crippen molar-refractivity contribution in [3.8, 4) is 0 Å². The van der Waals surface area contributed by atoms with Gasteiger partial charge in [0.15, 0.2) is 0 Å². The summed E-state index contributed by atoms with van der Waals surface area (Å²) in [6.07, 6.45) is 3.96. The Balaban J connectivity index is 2.10. The van der Waals surface area contributed by atoms with Crippen LogP contribution in [0.5, 0.6) is 0 Å². The normalized spacial score (nSPS) is 11.7. The summed E-state index contributed by atoms with van der Waals surface area (Å²) < 4.78 is 24.0. The topological polar surface area (TPSA) is 71.4 Å². The number of benzene rings is 1. The van der Waals surface area contributed by atoms with E-state index in [2.05, 4.69) is 14.9 Å². The molecule has 1 N–H and O–H groups in total. The molecule has 1 aromatic carbocycles. The Bertz CT molecular complexity index is 738. The van der Waals surface area contributed by atoms with Gasteiger partial charge in [0.1, 0.15) is 0 Å². The maximum atomic E-state index is 12.0. The SMILES string of the molecule is CCc1cc(/C=N/NS(=O)(=O)c2ccc(C)cc2)ccn1. The molecular weight excluding hydrogens is 286 g/mol. The first-order chi connectivity index (χ1) is 10.0. The Morgan fingerprint density at radius 2 is 1.95 bits per heavy atom. The third kappa shape index (κ3) is 4.13. The minimum atomic E-state index is -3.63. The smallest absolute Gasteiger partial charge is 0.261 e. The zero-order valence-corrected chi connectivity index (χ0v) is 12.8. The van der Waals surface area contributed by atoms with Crippen LogP contribution in [0.15, 0.2) is 52.6 Å². The van der Waals surface area contributed by atoms with Crippen LogP contribution in [0.1, 0.15) is 23.7 Å². The number of nitrogens with one attached hydrogen (secondary N) is 1. The van der Waals surface area contributed by atoms with Gasteiger partial charge in [-0.2, -0.15) is 13.5 Å². The molecule has 21 heavy (non-hydrogen) atoms. The Hall–Kier alpha value is -2.21. The molecular formula is C15H17N3O2S. The van der Waals surface area contributed by atoms with E-state index >= 15 is 0 Å². The first-order valence-corrected chi connectivity index (χ1v) is 8.06. The van der Waals surface area contributed by atoms with Crippen molar-refractivity contribution in [3.05, 3.63) is 59.4 Å². The fourth-order valence-corrected chi connectivity index (χ4v) is 2.50. The number of aryl methyl sites for hydroxylation is 2. The number of aromatic nitrogens is 1. The monoisotopic (exact) mass is 303 g/mol. The van der Waals surface area contributed by atoms with Crippen LogP contribution in [-0.2, 0) is 16.4 Å². The van der Waals surface area contributed by atoms with Crippen LogP contribution in [0.4, 0.5) is 0 Å². The maximum absolute atomic E-state index is 12.0. The zero-order valence-electron chi connectivity index (χ0n) is 11.9. The number of pyridine rings is 1. The van der Waals surface area contributed by atoms with Crippen molar-refractivity contribution in [3.63, 3.8) is 0 Å². The van der Waals surface area contributed by atoms with Gasteiger partial charge in [-0.3, -0.25) is 4.98 Å². The molecule has 0 unspecified atom stereocenters. The van der Waals surface area contributed by atoms with Crippen LogP contribution in [0.3, 0.4) is 0 Å². The van der Waals surface area contributed by atoms with Gasteiger partial charge in [-0.25, -0.2) is 4.83 Å². The second kappa shape index (κ2) is 6.49. The largest absolute Gasteiger partial charge is 0.276 e. The van der Waals surface area contributed by atoms with Gasteiger partial charge in [0.2, 0.25) is 0 Å². The minimum Gasteiger partial charge on any atom is -0.261 e. The molecule has 6 heteroatoms. The summed E-state index contributed by atoms with van der Waals surface area (Å²) in [7, 11) is -3.63. The van der Waals surface area contributed by atoms with Crippen molar-refractivity contribution < 1.29 is 8.42 Å². The molecule has 0 amide bonds. The number of nitrogens with zero attached hydrogens (tertiary/aromatic N) is 2. The molecule has 2 rings (SSSR count). The molecule has 110 valence electrons. The Kier molecular flexibility index (Phi) is 4.70. The van der Waals surface area contributed by atoms with E-state index in [0.29, 0.717) is 0 Å². The van der Waals surface area contributed by atoms with Crippen LogP contribution < -0.4 is 4.83 Å². The molecule has 0 fully saturated rings. The van der Waals surface area contributed by atoms with E-state index in [1.54, 1.807) is 36.5 Å². The lowest BCUT2D eigenvalue weighted by molar-refractivity contribution is 0.584. The molecule has 2 aromatic rings. The lowest BCUT2D eigenvalue weighted by Gasteiger charge is -2.03. The molecule has 0 radical (unpaired) electrons. The van der Waals surface area contributed by atoms with E-state index in [0.717, 1.165) is 23.2 Å². The minimum absolute atomic E-state index is 0.189. The van der Waals surface area contributed by atoms with Gasteiger partial charge in [0, 0.05) is 11.9 Å². The van der Waals surface area contributed by atoms with Crippen molar-refractivity contribution in [2.45, 2.75) is 25.2 Å². The third-order valence-electron chi connectivity index (χ3n) is 2.92. The predicted octanol–water partition coefficient (Wildman–Crippen LogP) is 2.26. The van der Waals surface area contributed by atoms with Crippen LogP contribution >= 0.6 is 0 Å². The highest BCUT2D eigenvalue weighted by Gasteiger charge is 2.11. The van der Waals surface area contributed by atoms with E-state index in [1.807, 2.05) is 19.9 Å². The van der Waals surface area contributed by atoms with E-state index in [1.165, 1.54) is 6.21 Å². The molecule has 0 aliphatic heterocycles. The standard InChI is InChI=1S/C15H17N3O2S/c1-3-14-10-13(8-9-16-14)11-17-18-21(19,20)15-6-4-12(2)5-7-15/h4-11,18H,3H2,1-2H3/b17-11+.